The number of amides is 1. The van der Waals surface area contributed by atoms with Crippen LogP contribution >= 0.6 is 22.9 Å². The molecule has 2 aromatic heterocycles. The summed E-state index contributed by atoms with van der Waals surface area (Å²) in [7, 11) is 1.60. The first kappa shape index (κ1) is 20.8. The number of carbonyl (C=O) groups excluding carboxylic acids is 1. The fraction of sp³-hybridized carbons (Fsp3) is 0.0870. The van der Waals surface area contributed by atoms with Gasteiger partial charge in [0.25, 0.3) is 5.91 Å². The molecule has 6 nitrogen and oxygen atoms in total. The summed E-state index contributed by atoms with van der Waals surface area (Å²) < 4.78 is 11.1. The number of aromatic nitrogens is 2. The number of methoxy groups -OCH3 is 1. The zero-order valence-electron chi connectivity index (χ0n) is 16.8. The summed E-state index contributed by atoms with van der Waals surface area (Å²) in [6, 6.07) is 17.8. The number of hydrogen-bond acceptors (Lipinski definition) is 6. The van der Waals surface area contributed by atoms with Crippen LogP contribution in [0.4, 0.5) is 5.69 Å². The van der Waals surface area contributed by atoms with E-state index in [1.165, 1.54) is 11.3 Å². The van der Waals surface area contributed by atoms with Crippen molar-refractivity contribution >= 4 is 34.5 Å². The number of thiazole rings is 1. The second kappa shape index (κ2) is 9.16. The predicted octanol–water partition coefficient (Wildman–Crippen LogP) is 6.22. The van der Waals surface area contributed by atoms with E-state index in [0.29, 0.717) is 37.8 Å². The number of pyridine rings is 1. The van der Waals surface area contributed by atoms with Crippen LogP contribution in [0.1, 0.15) is 15.4 Å². The third-order valence-corrected chi connectivity index (χ3v) is 5.78. The van der Waals surface area contributed by atoms with Gasteiger partial charge in [0.05, 0.1) is 24.2 Å². The molecule has 2 heterocycles. The smallest absolute Gasteiger partial charge is 0.267 e. The number of benzene rings is 2. The summed E-state index contributed by atoms with van der Waals surface area (Å²) in [4.78, 5) is 22.3. The van der Waals surface area contributed by atoms with E-state index in [-0.39, 0.29) is 5.91 Å². The maximum atomic E-state index is 13.0. The van der Waals surface area contributed by atoms with Crippen molar-refractivity contribution in [2.24, 2.45) is 0 Å². The Balaban J connectivity index is 1.58. The topological polar surface area (TPSA) is 73.3 Å². The van der Waals surface area contributed by atoms with Crippen LogP contribution in [0.3, 0.4) is 0 Å². The van der Waals surface area contributed by atoms with Gasteiger partial charge in [0, 0.05) is 11.2 Å². The van der Waals surface area contributed by atoms with Crippen molar-refractivity contribution in [1.82, 2.24) is 9.97 Å². The first-order valence-electron chi connectivity index (χ1n) is 9.35. The van der Waals surface area contributed by atoms with Gasteiger partial charge in [-0.25, -0.2) is 4.98 Å². The van der Waals surface area contributed by atoms with Gasteiger partial charge >= 0.3 is 0 Å². The lowest BCUT2D eigenvalue weighted by molar-refractivity contribution is 0.102. The molecular formula is C23H18ClN3O3S. The van der Waals surface area contributed by atoms with Crippen LogP contribution in [0.15, 0.2) is 66.9 Å². The Bertz CT molecular complexity index is 1210. The van der Waals surface area contributed by atoms with Gasteiger partial charge in [-0.1, -0.05) is 17.7 Å². The molecule has 0 saturated carbocycles. The van der Waals surface area contributed by atoms with Crippen molar-refractivity contribution in [2.75, 3.05) is 12.4 Å². The molecule has 1 N–H and O–H groups in total. The average Bonchev–Trinajstić information content (AvgIpc) is 3.18. The van der Waals surface area contributed by atoms with E-state index in [4.69, 9.17) is 21.1 Å². The number of halogens is 1. The Morgan fingerprint density at radius 1 is 1.06 bits per heavy atom. The summed E-state index contributed by atoms with van der Waals surface area (Å²) in [6.45, 7) is 1.80. The van der Waals surface area contributed by atoms with E-state index in [0.717, 1.165) is 11.4 Å². The van der Waals surface area contributed by atoms with E-state index in [1.54, 1.807) is 62.7 Å². The van der Waals surface area contributed by atoms with Crippen LogP contribution in [-0.2, 0) is 0 Å². The Labute approximate surface area is 188 Å². The summed E-state index contributed by atoms with van der Waals surface area (Å²) in [5.41, 5.74) is 1.81. The third-order valence-electron chi connectivity index (χ3n) is 4.36. The van der Waals surface area contributed by atoms with Crippen molar-refractivity contribution in [3.05, 3.63) is 82.5 Å². The number of hydrogen-bond donors (Lipinski definition) is 1. The summed E-state index contributed by atoms with van der Waals surface area (Å²) in [5.74, 6) is 1.50. The molecule has 4 aromatic rings. The number of nitrogens with one attached hydrogen (secondary N) is 1. The van der Waals surface area contributed by atoms with Crippen LogP contribution in [0.5, 0.6) is 17.2 Å². The molecule has 156 valence electrons. The zero-order valence-corrected chi connectivity index (χ0v) is 18.3. The molecule has 31 heavy (non-hydrogen) atoms. The molecule has 0 aliphatic heterocycles. The van der Waals surface area contributed by atoms with E-state index in [1.807, 2.05) is 18.2 Å². The van der Waals surface area contributed by atoms with Crippen LogP contribution in [0, 0.1) is 6.92 Å². The third kappa shape index (κ3) is 4.84. The quantitative estimate of drug-likeness (QED) is 0.376. The van der Waals surface area contributed by atoms with Gasteiger partial charge in [0.1, 0.15) is 21.4 Å². The molecule has 0 bridgehead atoms. The average molecular weight is 452 g/mol. The summed E-state index contributed by atoms with van der Waals surface area (Å²) >= 11 is 7.45. The Kier molecular flexibility index (Phi) is 6.16. The van der Waals surface area contributed by atoms with Crippen molar-refractivity contribution in [2.45, 2.75) is 6.92 Å². The van der Waals surface area contributed by atoms with Crippen LogP contribution in [0.2, 0.25) is 5.02 Å². The molecule has 2 aromatic carbocycles. The van der Waals surface area contributed by atoms with Crippen molar-refractivity contribution in [3.8, 4) is 28.0 Å². The first-order valence-corrected chi connectivity index (χ1v) is 10.5. The highest BCUT2D eigenvalue weighted by molar-refractivity contribution is 7.17. The van der Waals surface area contributed by atoms with E-state index < -0.39 is 0 Å². The maximum Gasteiger partial charge on any atom is 0.267 e. The normalized spacial score (nSPS) is 10.5. The minimum Gasteiger partial charge on any atom is -0.497 e. The number of anilines is 1. The fourth-order valence-electron chi connectivity index (χ4n) is 2.84. The molecule has 0 fully saturated rings. The van der Waals surface area contributed by atoms with Gasteiger partial charge in [0.2, 0.25) is 0 Å². The molecule has 0 unspecified atom stereocenters. The van der Waals surface area contributed by atoms with Crippen LogP contribution in [0.25, 0.3) is 10.7 Å². The molecular weight excluding hydrogens is 434 g/mol. The standard InChI is InChI=1S/C23H18ClN3O3S/c1-14-21(31-23(26-14)18-5-3-4-12-25-18)22(28)27-19-13-15(24)6-11-20(19)30-17-9-7-16(29-2)8-10-17/h3-13H,1-2H3,(H,27,28). The summed E-state index contributed by atoms with van der Waals surface area (Å²) in [5, 5.41) is 4.06. The van der Waals surface area contributed by atoms with Gasteiger partial charge in [-0.05, 0) is 61.5 Å². The predicted molar refractivity (Wildman–Crippen MR) is 123 cm³/mol. The van der Waals surface area contributed by atoms with Gasteiger partial charge in [0.15, 0.2) is 5.75 Å². The lowest BCUT2D eigenvalue weighted by atomic mass is 10.2. The number of aryl methyl sites for hydroxylation is 1. The molecule has 8 heteroatoms. The molecule has 0 saturated heterocycles. The minimum absolute atomic E-state index is 0.293. The van der Waals surface area contributed by atoms with E-state index in [2.05, 4.69) is 15.3 Å². The Hall–Kier alpha value is -3.42. The molecule has 0 aliphatic carbocycles. The number of ether oxygens (including phenoxy) is 2. The van der Waals surface area contributed by atoms with Gasteiger partial charge < -0.3 is 14.8 Å². The maximum absolute atomic E-state index is 13.0. The molecule has 0 spiro atoms. The second-order valence-electron chi connectivity index (χ2n) is 6.52. The van der Waals surface area contributed by atoms with Crippen LogP contribution in [-0.4, -0.2) is 23.0 Å². The lowest BCUT2D eigenvalue weighted by Gasteiger charge is -2.13. The fourth-order valence-corrected chi connectivity index (χ4v) is 3.96. The number of rotatable bonds is 6. The molecule has 0 radical (unpaired) electrons. The molecule has 0 atom stereocenters. The Morgan fingerprint density at radius 3 is 2.55 bits per heavy atom. The van der Waals surface area contributed by atoms with E-state index >= 15 is 0 Å². The lowest BCUT2D eigenvalue weighted by Crippen LogP contribution is -2.12. The van der Waals surface area contributed by atoms with Gasteiger partial charge in [-0.2, -0.15) is 0 Å². The van der Waals surface area contributed by atoms with Crippen molar-refractivity contribution in [3.63, 3.8) is 0 Å². The molecule has 4 rings (SSSR count). The first-order chi connectivity index (χ1) is 15.0. The highest BCUT2D eigenvalue weighted by Gasteiger charge is 2.19. The second-order valence-corrected chi connectivity index (χ2v) is 7.96. The number of carbonyl (C=O) groups is 1. The number of nitrogens with zero attached hydrogens (tertiary/aromatic N) is 2. The zero-order chi connectivity index (χ0) is 21.8. The highest BCUT2D eigenvalue weighted by atomic mass is 35.5. The van der Waals surface area contributed by atoms with E-state index in [9.17, 15) is 4.79 Å². The van der Waals surface area contributed by atoms with Gasteiger partial charge in [-0.15, -0.1) is 11.3 Å². The largest absolute Gasteiger partial charge is 0.497 e. The Morgan fingerprint density at radius 2 is 1.84 bits per heavy atom. The highest BCUT2D eigenvalue weighted by Crippen LogP contribution is 2.34. The van der Waals surface area contributed by atoms with Crippen molar-refractivity contribution < 1.29 is 14.3 Å². The SMILES string of the molecule is COc1ccc(Oc2ccc(Cl)cc2NC(=O)c2sc(-c3ccccn3)nc2C)cc1. The molecule has 1 amide bonds. The molecule has 0 aliphatic rings. The minimum atomic E-state index is -0.293. The summed E-state index contributed by atoms with van der Waals surface area (Å²) in [6.07, 6.45) is 1.70. The van der Waals surface area contributed by atoms with Crippen molar-refractivity contribution in [1.29, 1.82) is 0 Å². The van der Waals surface area contributed by atoms with Crippen LogP contribution < -0.4 is 14.8 Å². The monoisotopic (exact) mass is 451 g/mol. The van der Waals surface area contributed by atoms with Gasteiger partial charge in [-0.3, -0.25) is 9.78 Å².